The minimum atomic E-state index is -0.549. The number of aliphatic hydroxyl groups excluding tert-OH is 1. The molecule has 2 unspecified atom stereocenters. The molecule has 2 atom stereocenters. The number of hydrogen-bond acceptors (Lipinski definition) is 3. The number of aliphatic hydroxyl groups is 1. The van der Waals surface area contributed by atoms with Crippen molar-refractivity contribution in [1.29, 1.82) is 0 Å². The molecule has 1 heterocycles. The van der Waals surface area contributed by atoms with E-state index in [2.05, 4.69) is 29.0 Å². The van der Waals surface area contributed by atoms with E-state index in [0.717, 1.165) is 0 Å². The van der Waals surface area contributed by atoms with Gasteiger partial charge in [0.2, 0.25) is 0 Å². The highest BCUT2D eigenvalue weighted by Crippen LogP contribution is 2.18. The standard InChI is InChI=1S/C14H24N2O2S/c1-10(11-5-6-19-9-11)7-15-13(18)16-8-12(17)14(2,3)4/h5-6,9-10,12,17H,7-8H2,1-4H3,(H2,15,16,18). The SMILES string of the molecule is CC(CNC(=O)NCC(O)C(C)(C)C)c1ccsc1. The van der Waals surface area contributed by atoms with Gasteiger partial charge in [0.05, 0.1) is 6.10 Å². The molecule has 0 aliphatic carbocycles. The molecular formula is C14H24N2O2S. The van der Waals surface area contributed by atoms with Crippen LogP contribution in [0, 0.1) is 5.41 Å². The van der Waals surface area contributed by atoms with Gasteiger partial charge in [-0.1, -0.05) is 27.7 Å². The molecule has 1 aromatic rings. The third-order valence-corrected chi connectivity index (χ3v) is 3.84. The Labute approximate surface area is 119 Å². The fourth-order valence-electron chi connectivity index (χ4n) is 1.48. The first-order valence-electron chi connectivity index (χ1n) is 6.52. The second-order valence-electron chi connectivity index (χ2n) is 5.93. The Hall–Kier alpha value is -1.07. The Bertz CT molecular complexity index is 385. The Balaban J connectivity index is 2.25. The minimum Gasteiger partial charge on any atom is -0.391 e. The molecule has 1 aromatic heterocycles. The lowest BCUT2D eigenvalue weighted by Crippen LogP contribution is -2.44. The third-order valence-electron chi connectivity index (χ3n) is 3.14. The highest BCUT2D eigenvalue weighted by molar-refractivity contribution is 7.07. The number of nitrogens with one attached hydrogen (secondary N) is 2. The number of amides is 2. The number of carbonyl (C=O) groups excluding carboxylic acids is 1. The highest BCUT2D eigenvalue weighted by atomic mass is 32.1. The van der Waals surface area contributed by atoms with Gasteiger partial charge in [-0.3, -0.25) is 0 Å². The fraction of sp³-hybridized carbons (Fsp3) is 0.643. The van der Waals surface area contributed by atoms with Crippen LogP contribution in [0.3, 0.4) is 0 Å². The number of urea groups is 1. The van der Waals surface area contributed by atoms with E-state index in [4.69, 9.17) is 0 Å². The predicted octanol–water partition coefficient (Wildman–Crippen LogP) is 2.56. The van der Waals surface area contributed by atoms with E-state index in [1.54, 1.807) is 11.3 Å². The van der Waals surface area contributed by atoms with Crippen LogP contribution < -0.4 is 10.6 Å². The van der Waals surface area contributed by atoms with Crippen molar-refractivity contribution < 1.29 is 9.90 Å². The molecule has 108 valence electrons. The maximum Gasteiger partial charge on any atom is 0.314 e. The second-order valence-corrected chi connectivity index (χ2v) is 6.71. The summed E-state index contributed by atoms with van der Waals surface area (Å²) in [5.74, 6) is 0.296. The molecule has 0 aromatic carbocycles. The van der Waals surface area contributed by atoms with E-state index in [-0.39, 0.29) is 18.0 Å². The summed E-state index contributed by atoms with van der Waals surface area (Å²) in [5.41, 5.74) is 1.01. The van der Waals surface area contributed by atoms with Crippen LogP contribution in [0.2, 0.25) is 0 Å². The molecule has 0 saturated heterocycles. The van der Waals surface area contributed by atoms with Crippen LogP contribution in [-0.2, 0) is 0 Å². The van der Waals surface area contributed by atoms with E-state index in [1.807, 2.05) is 26.2 Å². The zero-order valence-corrected chi connectivity index (χ0v) is 12.9. The molecule has 0 radical (unpaired) electrons. The van der Waals surface area contributed by atoms with Crippen LogP contribution in [0.1, 0.15) is 39.2 Å². The van der Waals surface area contributed by atoms with Crippen molar-refractivity contribution in [3.05, 3.63) is 22.4 Å². The number of carbonyl (C=O) groups is 1. The first kappa shape index (κ1) is 16.0. The quantitative estimate of drug-likeness (QED) is 0.778. The maximum atomic E-state index is 11.6. The van der Waals surface area contributed by atoms with Gasteiger partial charge >= 0.3 is 6.03 Å². The van der Waals surface area contributed by atoms with Gasteiger partial charge in [-0.05, 0) is 33.7 Å². The number of thiophene rings is 1. The van der Waals surface area contributed by atoms with Gasteiger partial charge in [0, 0.05) is 13.1 Å². The minimum absolute atomic E-state index is 0.225. The Morgan fingerprint density at radius 3 is 2.53 bits per heavy atom. The molecule has 0 aliphatic rings. The Kier molecular flexibility index (Phi) is 5.82. The summed E-state index contributed by atoms with van der Waals surface area (Å²) in [4.78, 5) is 11.6. The summed E-state index contributed by atoms with van der Waals surface area (Å²) in [6.07, 6.45) is -0.549. The number of rotatable bonds is 5. The van der Waals surface area contributed by atoms with Crippen LogP contribution in [0.4, 0.5) is 4.79 Å². The van der Waals surface area contributed by atoms with Crippen LogP contribution in [-0.4, -0.2) is 30.3 Å². The van der Waals surface area contributed by atoms with Crippen molar-refractivity contribution in [2.24, 2.45) is 5.41 Å². The van der Waals surface area contributed by atoms with Gasteiger partial charge in [-0.2, -0.15) is 11.3 Å². The smallest absolute Gasteiger partial charge is 0.314 e. The summed E-state index contributed by atoms with van der Waals surface area (Å²) >= 11 is 1.66. The zero-order chi connectivity index (χ0) is 14.5. The topological polar surface area (TPSA) is 61.4 Å². The van der Waals surface area contributed by atoms with E-state index in [0.29, 0.717) is 12.5 Å². The average molecular weight is 284 g/mol. The molecule has 5 heteroatoms. The first-order chi connectivity index (χ1) is 8.80. The zero-order valence-electron chi connectivity index (χ0n) is 12.1. The molecule has 0 fully saturated rings. The molecule has 0 aliphatic heterocycles. The molecule has 0 spiro atoms. The van der Waals surface area contributed by atoms with Gasteiger partial charge < -0.3 is 15.7 Å². The van der Waals surface area contributed by atoms with Crippen LogP contribution in [0.5, 0.6) is 0 Å². The second kappa shape index (κ2) is 6.91. The molecule has 0 saturated carbocycles. The van der Waals surface area contributed by atoms with Gasteiger partial charge in [0.15, 0.2) is 0 Å². The molecule has 19 heavy (non-hydrogen) atoms. The highest BCUT2D eigenvalue weighted by Gasteiger charge is 2.22. The molecule has 2 amide bonds. The van der Waals surface area contributed by atoms with Gasteiger partial charge in [0.25, 0.3) is 0 Å². The maximum absolute atomic E-state index is 11.6. The molecule has 0 bridgehead atoms. The van der Waals surface area contributed by atoms with Crippen molar-refractivity contribution in [3.63, 3.8) is 0 Å². The first-order valence-corrected chi connectivity index (χ1v) is 7.47. The van der Waals surface area contributed by atoms with E-state index in [9.17, 15) is 9.90 Å². The van der Waals surface area contributed by atoms with E-state index >= 15 is 0 Å². The van der Waals surface area contributed by atoms with Gasteiger partial charge in [-0.15, -0.1) is 0 Å². The molecule has 1 rings (SSSR count). The van der Waals surface area contributed by atoms with Crippen molar-refractivity contribution in [3.8, 4) is 0 Å². The fourth-order valence-corrected chi connectivity index (χ4v) is 2.26. The molecule has 4 nitrogen and oxygen atoms in total. The van der Waals surface area contributed by atoms with Gasteiger partial charge in [-0.25, -0.2) is 4.79 Å². The lowest BCUT2D eigenvalue weighted by molar-refractivity contribution is 0.0650. The summed E-state index contributed by atoms with van der Waals surface area (Å²) in [5, 5.41) is 19.5. The van der Waals surface area contributed by atoms with Crippen LogP contribution in [0.25, 0.3) is 0 Å². The van der Waals surface area contributed by atoms with Crippen molar-refractivity contribution in [2.45, 2.75) is 39.7 Å². The largest absolute Gasteiger partial charge is 0.391 e. The van der Waals surface area contributed by atoms with Crippen molar-refractivity contribution >= 4 is 17.4 Å². The monoisotopic (exact) mass is 284 g/mol. The van der Waals surface area contributed by atoms with Gasteiger partial charge in [0.1, 0.15) is 0 Å². The summed E-state index contributed by atoms with van der Waals surface area (Å²) in [6.45, 7) is 8.75. The lowest BCUT2D eigenvalue weighted by atomic mass is 9.89. The Morgan fingerprint density at radius 1 is 1.37 bits per heavy atom. The van der Waals surface area contributed by atoms with Crippen molar-refractivity contribution in [2.75, 3.05) is 13.1 Å². The van der Waals surface area contributed by atoms with E-state index in [1.165, 1.54) is 5.56 Å². The lowest BCUT2D eigenvalue weighted by Gasteiger charge is -2.26. The third kappa shape index (κ3) is 5.61. The molecular weight excluding hydrogens is 260 g/mol. The Morgan fingerprint density at radius 2 is 2.00 bits per heavy atom. The van der Waals surface area contributed by atoms with Crippen LogP contribution >= 0.6 is 11.3 Å². The number of hydrogen-bond donors (Lipinski definition) is 3. The summed E-state index contributed by atoms with van der Waals surface area (Å²) < 4.78 is 0. The van der Waals surface area contributed by atoms with E-state index < -0.39 is 6.10 Å². The predicted molar refractivity (Wildman–Crippen MR) is 79.6 cm³/mol. The van der Waals surface area contributed by atoms with Crippen molar-refractivity contribution in [1.82, 2.24) is 10.6 Å². The average Bonchev–Trinajstić information content (AvgIpc) is 2.85. The van der Waals surface area contributed by atoms with Crippen LogP contribution in [0.15, 0.2) is 16.8 Å². The molecule has 3 N–H and O–H groups in total. The normalized spacial score (nSPS) is 14.8. The summed E-state index contributed by atoms with van der Waals surface area (Å²) in [6, 6.07) is 1.84. The summed E-state index contributed by atoms with van der Waals surface area (Å²) in [7, 11) is 0.